The van der Waals surface area contributed by atoms with Gasteiger partial charge < -0.3 is 5.11 Å². The Morgan fingerprint density at radius 3 is 2.47 bits per heavy atom. The van der Waals surface area contributed by atoms with Crippen LogP contribution < -0.4 is 4.72 Å². The first-order valence-electron chi connectivity index (χ1n) is 5.75. The summed E-state index contributed by atoms with van der Waals surface area (Å²) in [6, 6.07) is 2.01. The van der Waals surface area contributed by atoms with E-state index in [0.717, 1.165) is 6.07 Å². The van der Waals surface area contributed by atoms with Gasteiger partial charge in [-0.25, -0.2) is 17.5 Å². The van der Waals surface area contributed by atoms with E-state index in [1.807, 2.05) is 6.92 Å². The SMILES string of the molecule is CCC(C)(C)NS(=O)(=O)c1cc(F)c(Cl)c(CO)c1. The van der Waals surface area contributed by atoms with Crippen LogP contribution in [-0.4, -0.2) is 19.1 Å². The van der Waals surface area contributed by atoms with E-state index < -0.39 is 28.0 Å². The fraction of sp³-hybridized carbons (Fsp3) is 0.500. The Bertz CT molecular complexity index is 573. The molecular weight excluding hydrogens is 293 g/mol. The third-order valence-electron chi connectivity index (χ3n) is 2.85. The largest absolute Gasteiger partial charge is 0.392 e. The summed E-state index contributed by atoms with van der Waals surface area (Å²) in [5.74, 6) is -0.872. The van der Waals surface area contributed by atoms with Gasteiger partial charge in [-0.2, -0.15) is 0 Å². The van der Waals surface area contributed by atoms with Crippen LogP contribution in [0.4, 0.5) is 4.39 Å². The van der Waals surface area contributed by atoms with E-state index >= 15 is 0 Å². The molecule has 0 amide bonds. The smallest absolute Gasteiger partial charge is 0.241 e. The van der Waals surface area contributed by atoms with Gasteiger partial charge in [0.2, 0.25) is 10.0 Å². The number of rotatable bonds is 5. The van der Waals surface area contributed by atoms with Crippen molar-refractivity contribution in [1.29, 1.82) is 0 Å². The average molecular weight is 310 g/mol. The number of nitrogens with one attached hydrogen (secondary N) is 1. The van der Waals surface area contributed by atoms with Crippen molar-refractivity contribution < 1.29 is 17.9 Å². The molecule has 7 heteroatoms. The molecule has 0 saturated heterocycles. The molecule has 0 fully saturated rings. The normalized spacial score (nSPS) is 12.7. The number of hydrogen-bond donors (Lipinski definition) is 2. The Morgan fingerprint density at radius 2 is 2.00 bits per heavy atom. The second kappa shape index (κ2) is 5.75. The Labute approximate surface area is 117 Å². The summed E-state index contributed by atoms with van der Waals surface area (Å²) in [5, 5.41) is 8.78. The van der Waals surface area contributed by atoms with Gasteiger partial charge in [0.25, 0.3) is 0 Å². The summed E-state index contributed by atoms with van der Waals surface area (Å²) in [7, 11) is -3.86. The number of aliphatic hydroxyl groups excluding tert-OH is 1. The van der Waals surface area contributed by atoms with Gasteiger partial charge in [0.05, 0.1) is 16.5 Å². The number of aliphatic hydroxyl groups is 1. The van der Waals surface area contributed by atoms with Crippen LogP contribution in [0.5, 0.6) is 0 Å². The topological polar surface area (TPSA) is 66.4 Å². The number of benzene rings is 1. The molecule has 1 rings (SSSR count). The Balaban J connectivity index is 3.26. The molecule has 0 bridgehead atoms. The molecule has 0 aliphatic heterocycles. The van der Waals surface area contributed by atoms with E-state index in [1.54, 1.807) is 13.8 Å². The fourth-order valence-corrected chi connectivity index (χ4v) is 3.10. The summed E-state index contributed by atoms with van der Waals surface area (Å²) in [6.07, 6.45) is 0.579. The minimum absolute atomic E-state index is 0.0383. The van der Waals surface area contributed by atoms with E-state index in [9.17, 15) is 12.8 Å². The molecule has 0 atom stereocenters. The van der Waals surface area contributed by atoms with Gasteiger partial charge >= 0.3 is 0 Å². The molecule has 0 heterocycles. The van der Waals surface area contributed by atoms with Crippen LogP contribution in [0, 0.1) is 5.82 Å². The number of hydrogen-bond acceptors (Lipinski definition) is 3. The molecule has 2 N–H and O–H groups in total. The summed E-state index contributed by atoms with van der Waals surface area (Å²) in [4.78, 5) is -0.250. The van der Waals surface area contributed by atoms with Crippen LogP contribution in [0.1, 0.15) is 32.8 Å². The molecule has 19 heavy (non-hydrogen) atoms. The Hall–Kier alpha value is -0.690. The zero-order chi connectivity index (χ0) is 14.8. The van der Waals surface area contributed by atoms with Crippen molar-refractivity contribution in [1.82, 2.24) is 4.72 Å². The number of halogens is 2. The molecule has 4 nitrogen and oxygen atoms in total. The summed E-state index contributed by atoms with van der Waals surface area (Å²) < 4.78 is 40.3. The summed E-state index contributed by atoms with van der Waals surface area (Å²) >= 11 is 5.63. The lowest BCUT2D eigenvalue weighted by molar-refractivity contribution is 0.281. The molecular formula is C12H17ClFNO3S. The predicted octanol–water partition coefficient (Wildman–Crippen LogP) is 2.44. The van der Waals surface area contributed by atoms with Crippen LogP contribution in [-0.2, 0) is 16.6 Å². The van der Waals surface area contributed by atoms with Crippen LogP contribution in [0.15, 0.2) is 17.0 Å². The molecule has 0 aliphatic carbocycles. The lowest BCUT2D eigenvalue weighted by Crippen LogP contribution is -2.42. The molecule has 0 spiro atoms. The van der Waals surface area contributed by atoms with Gasteiger partial charge in [0, 0.05) is 11.1 Å². The monoisotopic (exact) mass is 309 g/mol. The first-order valence-corrected chi connectivity index (χ1v) is 7.62. The Kier molecular flexibility index (Phi) is 4.95. The third kappa shape index (κ3) is 3.89. The molecule has 0 aromatic heterocycles. The lowest BCUT2D eigenvalue weighted by atomic mass is 10.0. The van der Waals surface area contributed by atoms with E-state index in [2.05, 4.69) is 4.72 Å². The van der Waals surface area contributed by atoms with E-state index in [4.69, 9.17) is 16.7 Å². The van der Waals surface area contributed by atoms with Gasteiger partial charge in [0.1, 0.15) is 5.82 Å². The third-order valence-corrected chi connectivity index (χ3v) is 4.95. The number of sulfonamides is 1. The van der Waals surface area contributed by atoms with Gasteiger partial charge in [-0.05, 0) is 32.4 Å². The van der Waals surface area contributed by atoms with Crippen molar-refractivity contribution in [3.05, 3.63) is 28.5 Å². The van der Waals surface area contributed by atoms with Crippen molar-refractivity contribution in [2.24, 2.45) is 0 Å². The van der Waals surface area contributed by atoms with Crippen molar-refractivity contribution in [2.75, 3.05) is 0 Å². The highest BCUT2D eigenvalue weighted by Crippen LogP contribution is 2.25. The van der Waals surface area contributed by atoms with E-state index in [-0.39, 0.29) is 15.5 Å². The second-order valence-electron chi connectivity index (χ2n) is 4.88. The van der Waals surface area contributed by atoms with Gasteiger partial charge in [-0.1, -0.05) is 18.5 Å². The highest BCUT2D eigenvalue weighted by atomic mass is 35.5. The molecule has 108 valence electrons. The van der Waals surface area contributed by atoms with Crippen LogP contribution in [0.3, 0.4) is 0 Å². The quantitative estimate of drug-likeness (QED) is 0.878. The zero-order valence-corrected chi connectivity index (χ0v) is 12.6. The summed E-state index contributed by atoms with van der Waals surface area (Å²) in [5.41, 5.74) is -0.606. The first-order chi connectivity index (χ1) is 8.63. The van der Waals surface area contributed by atoms with Crippen LogP contribution in [0.25, 0.3) is 0 Å². The molecule has 1 aromatic rings. The summed E-state index contributed by atoms with van der Waals surface area (Å²) in [6.45, 7) is 4.76. The molecule has 0 radical (unpaired) electrons. The van der Waals surface area contributed by atoms with E-state index in [0.29, 0.717) is 6.42 Å². The highest BCUT2D eigenvalue weighted by Gasteiger charge is 2.26. The van der Waals surface area contributed by atoms with Gasteiger partial charge in [-0.15, -0.1) is 0 Å². The standard InChI is InChI=1S/C12H17ClFNO3S/c1-4-12(2,3)15-19(17,18)9-5-8(7-16)11(13)10(14)6-9/h5-6,15-16H,4,7H2,1-3H3. The minimum atomic E-state index is -3.86. The second-order valence-corrected chi connectivity index (χ2v) is 6.94. The minimum Gasteiger partial charge on any atom is -0.392 e. The van der Waals surface area contributed by atoms with Crippen LogP contribution >= 0.6 is 11.6 Å². The van der Waals surface area contributed by atoms with Crippen molar-refractivity contribution >= 4 is 21.6 Å². The van der Waals surface area contributed by atoms with Gasteiger partial charge in [0.15, 0.2) is 0 Å². The van der Waals surface area contributed by atoms with Gasteiger partial charge in [-0.3, -0.25) is 0 Å². The van der Waals surface area contributed by atoms with E-state index in [1.165, 1.54) is 6.07 Å². The maximum Gasteiger partial charge on any atom is 0.241 e. The van der Waals surface area contributed by atoms with Crippen LogP contribution in [0.2, 0.25) is 5.02 Å². The van der Waals surface area contributed by atoms with Crippen molar-refractivity contribution in [3.8, 4) is 0 Å². The van der Waals surface area contributed by atoms with Crippen molar-refractivity contribution in [3.63, 3.8) is 0 Å². The first kappa shape index (κ1) is 16.4. The lowest BCUT2D eigenvalue weighted by Gasteiger charge is -2.24. The maximum atomic E-state index is 13.5. The maximum absolute atomic E-state index is 13.5. The molecule has 0 saturated carbocycles. The average Bonchev–Trinajstić information content (AvgIpc) is 2.31. The molecule has 0 aliphatic rings. The van der Waals surface area contributed by atoms with Crippen molar-refractivity contribution in [2.45, 2.75) is 44.2 Å². The highest BCUT2D eigenvalue weighted by molar-refractivity contribution is 7.89. The zero-order valence-electron chi connectivity index (χ0n) is 11.0. The predicted molar refractivity (Wildman–Crippen MR) is 72.0 cm³/mol. The molecule has 1 aromatic carbocycles. The Morgan fingerprint density at radius 1 is 1.42 bits per heavy atom. The molecule has 0 unspecified atom stereocenters. The fourth-order valence-electron chi connectivity index (χ4n) is 1.38.